The van der Waals surface area contributed by atoms with E-state index < -0.39 is 189 Å². The van der Waals surface area contributed by atoms with Crippen LogP contribution in [0.1, 0.15) is 130 Å². The fraction of sp³-hybridized carbons (Fsp3) is 0.354. The van der Waals surface area contributed by atoms with Gasteiger partial charge in [-0.2, -0.15) is 39.5 Å². The lowest BCUT2D eigenvalue weighted by Gasteiger charge is -2.25. The number of ether oxygens (including phenoxy) is 5. The number of nitrogens with zero attached hydrogens (tertiary/aromatic N) is 18. The van der Waals surface area contributed by atoms with Gasteiger partial charge in [0.25, 0.3) is 0 Å². The van der Waals surface area contributed by atoms with Crippen LogP contribution in [0.25, 0.3) is 77.2 Å². The van der Waals surface area contributed by atoms with Gasteiger partial charge in [0.15, 0.2) is 37.2 Å². The van der Waals surface area contributed by atoms with E-state index in [1.165, 1.54) is 76.5 Å². The number of aliphatic hydroxyl groups excluding tert-OH is 14. The van der Waals surface area contributed by atoms with Crippen molar-refractivity contribution in [3.05, 3.63) is 294 Å². The number of aliphatic hydroxyl groups is 14. The highest BCUT2D eigenvalue weighted by molar-refractivity contribution is 5.83. The van der Waals surface area contributed by atoms with Crippen LogP contribution in [0.5, 0.6) is 0 Å². The average molecular weight is 2030 g/mol. The van der Waals surface area contributed by atoms with Crippen molar-refractivity contribution in [3.8, 4) is 0 Å². The maximum absolute atomic E-state index is 14.9. The summed E-state index contributed by atoms with van der Waals surface area (Å²) < 4.78 is 172. The Hall–Kier alpha value is -13.4. The summed E-state index contributed by atoms with van der Waals surface area (Å²) in [7, 11) is 3.71. The first-order valence-corrected chi connectivity index (χ1v) is 45.7. The van der Waals surface area contributed by atoms with E-state index >= 15 is 0 Å². The Morgan fingerprint density at radius 2 is 0.699 bits per heavy atom. The van der Waals surface area contributed by atoms with Gasteiger partial charge >= 0.3 is 25.2 Å². The van der Waals surface area contributed by atoms with E-state index in [9.17, 15) is 115 Å². The molecule has 5 saturated heterocycles. The highest BCUT2D eigenvalue weighted by Crippen LogP contribution is 2.48. The molecule has 0 amide bonds. The van der Waals surface area contributed by atoms with Gasteiger partial charge in [-0.15, -0.1) is 0 Å². The average Bonchev–Trinajstić information content (AvgIpc) is 1.60. The van der Waals surface area contributed by atoms with Gasteiger partial charge < -0.3 is 123 Å². The van der Waals surface area contributed by atoms with Crippen LogP contribution in [-0.4, -0.2) is 259 Å². The van der Waals surface area contributed by atoms with Crippen molar-refractivity contribution in [1.29, 1.82) is 0 Å². The van der Waals surface area contributed by atoms with Crippen molar-refractivity contribution in [1.82, 2.24) is 81.8 Å². The molecule has 17 aromatic rings. The summed E-state index contributed by atoms with van der Waals surface area (Å²) in [6.07, 6.45) is -16.4. The van der Waals surface area contributed by atoms with Gasteiger partial charge in [0, 0.05) is 102 Å². The number of imidazole rings is 2. The van der Waals surface area contributed by atoms with Gasteiger partial charge in [0.1, 0.15) is 175 Å². The fourth-order valence-corrected chi connectivity index (χ4v) is 18.8. The summed E-state index contributed by atoms with van der Waals surface area (Å²) in [6, 6.07) is 34.6. The number of halogens is 10. The fourth-order valence-electron chi connectivity index (χ4n) is 18.8. The monoisotopic (exact) mass is 2030 g/mol. The molecule has 5 aliphatic heterocycles. The second kappa shape index (κ2) is 41.1. The molecular formula is C99H98F10N18O19. The Morgan fingerprint density at radius 3 is 1.12 bits per heavy atom. The van der Waals surface area contributed by atoms with Crippen molar-refractivity contribution >= 4 is 83.1 Å². The Bertz CT molecular complexity index is 7540. The molecule has 47 heteroatoms. The van der Waals surface area contributed by atoms with Crippen LogP contribution >= 0.6 is 0 Å². The number of aryl methyl sites for hydroxylation is 5. The summed E-state index contributed by atoms with van der Waals surface area (Å²) in [5.41, 5.74) is 7.74. The minimum Gasteiger partial charge on any atom is -0.387 e. The zero-order chi connectivity index (χ0) is 104. The van der Waals surface area contributed by atoms with E-state index in [0.29, 0.717) is 70.9 Å². The molecule has 0 saturated carbocycles. The molecule has 0 spiro atoms. The van der Waals surface area contributed by atoms with Crippen molar-refractivity contribution in [2.24, 2.45) is 0 Å². The van der Waals surface area contributed by atoms with Crippen molar-refractivity contribution in [3.63, 3.8) is 0 Å². The number of hydrogen-bond donors (Lipinski definition) is 14. The summed E-state index contributed by atoms with van der Waals surface area (Å²) in [4.78, 5) is 43.4. The number of anilines is 1. The van der Waals surface area contributed by atoms with E-state index in [1.54, 1.807) is 101 Å². The van der Waals surface area contributed by atoms with Crippen LogP contribution in [0, 0.1) is 40.4 Å². The lowest BCUT2D eigenvalue weighted by molar-refractivity contribution is -0.169. The molecule has 37 nitrogen and oxygen atoms in total. The molecule has 18 heterocycles. The van der Waals surface area contributed by atoms with Crippen LogP contribution in [0.4, 0.5) is 49.7 Å². The molecule has 5 aliphatic rings. The Morgan fingerprint density at radius 1 is 0.336 bits per heavy atom. The largest absolute Gasteiger partial charge is 0.416 e. The van der Waals surface area contributed by atoms with Crippen LogP contribution in [0.3, 0.4) is 0 Å². The number of benzene rings is 4. The Balaban J connectivity index is 0.000000120. The van der Waals surface area contributed by atoms with E-state index in [0.717, 1.165) is 93.0 Å². The molecule has 0 aliphatic carbocycles. The summed E-state index contributed by atoms with van der Waals surface area (Å²) in [5.74, 6) is -3.62. The maximum Gasteiger partial charge on any atom is 0.416 e. The number of aromatic nitrogens is 17. The number of rotatable bonds is 18. The molecule has 146 heavy (non-hydrogen) atoms. The Kier molecular flexibility index (Phi) is 28.9. The maximum atomic E-state index is 14.9. The van der Waals surface area contributed by atoms with Crippen molar-refractivity contribution in [2.75, 3.05) is 19.0 Å². The predicted octanol–water partition coefficient (Wildman–Crippen LogP) is 10.4. The second-order valence-corrected chi connectivity index (χ2v) is 36.2. The number of alkyl halides is 9. The minimum absolute atomic E-state index is 0.0666. The molecule has 14 N–H and O–H groups in total. The normalized spacial score (nSPS) is 25.7. The number of pyridine rings is 4. The topological polar surface area (TPSA) is 496 Å². The lowest BCUT2D eigenvalue weighted by Crippen LogP contribution is -2.41. The predicted molar refractivity (Wildman–Crippen MR) is 500 cm³/mol. The molecule has 4 aromatic carbocycles. The lowest BCUT2D eigenvalue weighted by atomic mass is 9.97. The van der Waals surface area contributed by atoms with Crippen LogP contribution in [-0.2, 0) is 35.8 Å². The Labute approximate surface area is 820 Å². The SMILES string of the molecule is Cc1ccnc2c1ccn2C1OC(C(O)c2ccc3ncn(C(F)F)c3c2)C(O)C1O.Cc1ccnc2c1ccn2C1OC(C(O)c2cccc(C(F)(F)F)c2)C(O)C1O.Cc1ccnc2c1ccn2C1OC(C(O)c2ccnc(N(C)C)c2)C(O)C1O.Cc1ncnc2c1ccn2C1OC(C(F)(F)c2ccc(F)cc2)C(O)C1O.Cc1ncnc2c1ccn2C1OC(C(O)c2ccc3c(c2)ncn3C(F)F)C(O)C1O. The molecule has 0 radical (unpaired) electrons. The van der Waals surface area contributed by atoms with Crippen LogP contribution in [0.2, 0.25) is 0 Å². The third-order valence-electron chi connectivity index (χ3n) is 26.9. The van der Waals surface area contributed by atoms with Gasteiger partial charge in [0.05, 0.1) is 39.0 Å². The first kappa shape index (κ1) is 103. The molecule has 22 rings (SSSR count). The minimum atomic E-state index is -4.57. The van der Waals surface area contributed by atoms with E-state index in [-0.39, 0.29) is 27.7 Å². The quantitative estimate of drug-likeness (QED) is 0.0355. The van der Waals surface area contributed by atoms with Crippen molar-refractivity contribution in [2.45, 2.75) is 207 Å². The smallest absolute Gasteiger partial charge is 0.387 e. The van der Waals surface area contributed by atoms with Gasteiger partial charge in [-0.25, -0.2) is 54.2 Å². The molecular weight excluding hydrogens is 1940 g/mol. The molecule has 5 fully saturated rings. The number of hydrogen-bond acceptors (Lipinski definition) is 30. The first-order valence-electron chi connectivity index (χ1n) is 45.7. The van der Waals surface area contributed by atoms with Gasteiger partial charge in [-0.3, -0.25) is 9.13 Å². The zero-order valence-corrected chi connectivity index (χ0v) is 78.0. The van der Waals surface area contributed by atoms with Gasteiger partial charge in [-0.05, 0) is 183 Å². The van der Waals surface area contributed by atoms with Gasteiger partial charge in [-0.1, -0.05) is 36.4 Å². The first-order chi connectivity index (χ1) is 69.6. The summed E-state index contributed by atoms with van der Waals surface area (Å²) in [6.45, 7) is 3.88. The standard InChI is InChI=1S/C21H20F2N4O4.C20H19F3N2O4.C20H19F2N5O4.C20H24N4O4.C18H16F3N3O3/c1-10-4-6-24-19-12(10)5-7-26(19)20-17(30)16(29)18(31-20)15(28)11-2-3-13-14(8-11)27(9-25-13)21(22)23;1-10-5-7-24-18-13(10)6-8-25(18)19-16(28)15(27)17(29-19)14(26)11-3-2-4-12(9-11)20(21,22)23;1-9-11-4-5-26(18(11)24-7-23-9)19-16(30)15(29)17(31-19)14(28)10-2-3-13-12(6-10)25-8-27(13)20(21)22;1-11-4-7-22-19-13(11)6-9-24(19)20-17(27)16(26)18(28-20)15(25)12-5-8-21-14(10-12)23(2)3;1-9-12-6-7-24(16(12)23-8-22-9)17-14(26)13(25)15(27-17)18(20,21)10-2-4-11(19)5-3-10/h2-9,15-18,20-21,28-30H,1H3;2-9,14-17,19,26-28H,1H3;2-8,14-17,19-20,28-30H,1H3;4-10,15-18,20,25-27H,1-3H3;2-8,13-15,17,25-26H,1H3. The highest BCUT2D eigenvalue weighted by atomic mass is 19.4. The summed E-state index contributed by atoms with van der Waals surface area (Å²) in [5, 5.41) is 152. The van der Waals surface area contributed by atoms with Crippen molar-refractivity contribution < 1.29 is 139 Å². The van der Waals surface area contributed by atoms with E-state index in [1.807, 2.05) is 77.0 Å². The highest BCUT2D eigenvalue weighted by Gasteiger charge is 2.58. The third-order valence-corrected chi connectivity index (χ3v) is 26.9. The summed E-state index contributed by atoms with van der Waals surface area (Å²) >= 11 is 0. The molecule has 0 bridgehead atoms. The van der Waals surface area contributed by atoms with Gasteiger partial charge in [0.2, 0.25) is 0 Å². The third kappa shape index (κ3) is 19.3. The van der Waals surface area contributed by atoms with E-state index in [4.69, 9.17) is 23.7 Å². The molecule has 768 valence electrons. The molecule has 24 atom stereocenters. The molecule has 24 unspecified atom stereocenters. The second-order valence-electron chi connectivity index (χ2n) is 36.2. The molecule has 13 aromatic heterocycles. The zero-order valence-electron chi connectivity index (χ0n) is 78.0. The van der Waals surface area contributed by atoms with Crippen LogP contribution < -0.4 is 4.90 Å². The van der Waals surface area contributed by atoms with Crippen LogP contribution in [0.15, 0.2) is 227 Å². The number of fused-ring (bicyclic) bond motifs is 7. The van der Waals surface area contributed by atoms with E-state index in [2.05, 4.69) is 49.8 Å².